The number of benzene rings is 1. The first kappa shape index (κ1) is 14.5. The van der Waals surface area contributed by atoms with Crippen LogP contribution in [-0.4, -0.2) is 24.4 Å². The molecule has 1 atom stereocenters. The van der Waals surface area contributed by atoms with E-state index in [0.29, 0.717) is 5.69 Å². The zero-order chi connectivity index (χ0) is 14.8. The van der Waals surface area contributed by atoms with Crippen LogP contribution >= 0.6 is 0 Å². The molecule has 110 valence electrons. The van der Waals surface area contributed by atoms with Crippen LogP contribution in [0, 0.1) is 0 Å². The lowest BCUT2D eigenvalue weighted by Gasteiger charge is -2.15. The van der Waals surface area contributed by atoms with Crippen molar-refractivity contribution in [1.29, 1.82) is 0 Å². The van der Waals surface area contributed by atoms with Crippen molar-refractivity contribution in [2.45, 2.75) is 38.2 Å². The Bertz CT molecular complexity index is 469. The molecule has 7 heteroatoms. The molecule has 2 N–H and O–H groups in total. The normalized spacial score (nSPS) is 16.4. The van der Waals surface area contributed by atoms with E-state index in [-0.39, 0.29) is 17.7 Å². The SMILES string of the molecule is CC(Nc1ccc(OC(F)(F)F)cc1)C(=O)NC1CC1. The van der Waals surface area contributed by atoms with Crippen molar-refractivity contribution < 1.29 is 22.7 Å². The fraction of sp³-hybridized carbons (Fsp3) is 0.462. The molecule has 0 heterocycles. The maximum atomic E-state index is 12.0. The predicted molar refractivity (Wildman–Crippen MR) is 67.4 cm³/mol. The lowest BCUT2D eigenvalue weighted by atomic mass is 10.2. The number of alkyl halides is 3. The summed E-state index contributed by atoms with van der Waals surface area (Å²) in [6.45, 7) is 1.69. The average Bonchev–Trinajstić information content (AvgIpc) is 3.13. The van der Waals surface area contributed by atoms with Gasteiger partial charge in [-0.1, -0.05) is 0 Å². The van der Waals surface area contributed by atoms with E-state index in [2.05, 4.69) is 15.4 Å². The van der Waals surface area contributed by atoms with Gasteiger partial charge in [-0.25, -0.2) is 0 Å². The third-order valence-electron chi connectivity index (χ3n) is 2.79. The number of carbonyl (C=O) groups is 1. The summed E-state index contributed by atoms with van der Waals surface area (Å²) in [5, 5.41) is 5.76. The highest BCUT2D eigenvalue weighted by molar-refractivity contribution is 5.84. The molecule has 1 saturated carbocycles. The van der Waals surface area contributed by atoms with Gasteiger partial charge in [-0.15, -0.1) is 13.2 Å². The monoisotopic (exact) mass is 288 g/mol. The summed E-state index contributed by atoms with van der Waals surface area (Å²) in [4.78, 5) is 11.7. The van der Waals surface area contributed by atoms with Gasteiger partial charge in [-0.3, -0.25) is 4.79 Å². The molecule has 0 saturated heterocycles. The Kier molecular flexibility index (Phi) is 4.06. The lowest BCUT2D eigenvalue weighted by Crippen LogP contribution is -2.38. The summed E-state index contributed by atoms with van der Waals surface area (Å²) in [5.41, 5.74) is 0.554. The first-order valence-electron chi connectivity index (χ1n) is 6.26. The smallest absolute Gasteiger partial charge is 0.406 e. The molecule has 1 aliphatic rings. The molecular formula is C13H15F3N2O2. The number of ether oxygens (including phenoxy) is 1. The fourth-order valence-electron chi connectivity index (χ4n) is 1.62. The number of carbonyl (C=O) groups excluding carboxylic acids is 1. The molecule has 20 heavy (non-hydrogen) atoms. The van der Waals surface area contributed by atoms with Gasteiger partial charge in [-0.2, -0.15) is 0 Å². The zero-order valence-corrected chi connectivity index (χ0v) is 10.8. The number of nitrogens with one attached hydrogen (secondary N) is 2. The maximum absolute atomic E-state index is 12.0. The minimum Gasteiger partial charge on any atom is -0.406 e. The first-order valence-corrected chi connectivity index (χ1v) is 6.26. The number of hydrogen-bond acceptors (Lipinski definition) is 3. The predicted octanol–water partition coefficient (Wildman–Crippen LogP) is 2.66. The van der Waals surface area contributed by atoms with Gasteiger partial charge in [-0.05, 0) is 44.0 Å². The number of amides is 1. The quantitative estimate of drug-likeness (QED) is 0.875. The van der Waals surface area contributed by atoms with Crippen LogP contribution in [-0.2, 0) is 4.79 Å². The van der Waals surface area contributed by atoms with Crippen molar-refractivity contribution in [3.05, 3.63) is 24.3 Å². The van der Waals surface area contributed by atoms with Crippen LogP contribution in [0.3, 0.4) is 0 Å². The van der Waals surface area contributed by atoms with Crippen LogP contribution < -0.4 is 15.4 Å². The van der Waals surface area contributed by atoms with Crippen LogP contribution in [0.5, 0.6) is 5.75 Å². The Labute approximate surface area is 114 Å². The van der Waals surface area contributed by atoms with Crippen LogP contribution in [0.4, 0.5) is 18.9 Å². The summed E-state index contributed by atoms with van der Waals surface area (Å²) in [5.74, 6) is -0.416. The van der Waals surface area contributed by atoms with Gasteiger partial charge in [0.15, 0.2) is 0 Å². The van der Waals surface area contributed by atoms with Crippen molar-refractivity contribution in [2.75, 3.05) is 5.32 Å². The summed E-state index contributed by atoms with van der Waals surface area (Å²) in [6, 6.07) is 5.08. The largest absolute Gasteiger partial charge is 0.573 e. The molecule has 1 aliphatic carbocycles. The maximum Gasteiger partial charge on any atom is 0.573 e. The van der Waals surface area contributed by atoms with Gasteiger partial charge < -0.3 is 15.4 Å². The van der Waals surface area contributed by atoms with Crippen molar-refractivity contribution >= 4 is 11.6 Å². The number of rotatable bonds is 5. The molecular weight excluding hydrogens is 273 g/mol. The van der Waals surface area contributed by atoms with E-state index in [9.17, 15) is 18.0 Å². The zero-order valence-electron chi connectivity index (χ0n) is 10.8. The summed E-state index contributed by atoms with van der Waals surface area (Å²) < 4.78 is 39.7. The Morgan fingerprint density at radius 1 is 1.30 bits per heavy atom. The van der Waals surface area contributed by atoms with Gasteiger partial charge in [0.1, 0.15) is 11.8 Å². The molecule has 0 aliphatic heterocycles. The third-order valence-corrected chi connectivity index (χ3v) is 2.79. The molecule has 0 spiro atoms. The average molecular weight is 288 g/mol. The van der Waals surface area contributed by atoms with E-state index < -0.39 is 12.4 Å². The molecule has 1 amide bonds. The van der Waals surface area contributed by atoms with E-state index in [0.717, 1.165) is 12.8 Å². The van der Waals surface area contributed by atoms with E-state index in [1.54, 1.807) is 6.92 Å². The van der Waals surface area contributed by atoms with Gasteiger partial charge in [0, 0.05) is 11.7 Å². The third kappa shape index (κ3) is 4.64. The van der Waals surface area contributed by atoms with Crippen molar-refractivity contribution in [2.24, 2.45) is 0 Å². The molecule has 0 aromatic heterocycles. The van der Waals surface area contributed by atoms with Gasteiger partial charge in [0.05, 0.1) is 0 Å². The Morgan fingerprint density at radius 3 is 2.40 bits per heavy atom. The van der Waals surface area contributed by atoms with Crippen molar-refractivity contribution in [3.8, 4) is 5.75 Å². The first-order chi connectivity index (χ1) is 9.33. The molecule has 0 radical (unpaired) electrons. The fourth-order valence-corrected chi connectivity index (χ4v) is 1.62. The van der Waals surface area contributed by atoms with Crippen LogP contribution in [0.15, 0.2) is 24.3 Å². The molecule has 1 aromatic carbocycles. The highest BCUT2D eigenvalue weighted by Crippen LogP contribution is 2.24. The standard InChI is InChI=1S/C13H15F3N2O2/c1-8(12(19)18-10-2-3-10)17-9-4-6-11(7-5-9)20-13(14,15)16/h4-8,10,17H,2-3H2,1H3,(H,18,19). The van der Waals surface area contributed by atoms with Crippen LogP contribution in [0.2, 0.25) is 0 Å². The number of hydrogen-bond donors (Lipinski definition) is 2. The molecule has 1 aromatic rings. The lowest BCUT2D eigenvalue weighted by molar-refractivity contribution is -0.274. The van der Waals surface area contributed by atoms with E-state index >= 15 is 0 Å². The van der Waals surface area contributed by atoms with E-state index in [1.807, 2.05) is 0 Å². The highest BCUT2D eigenvalue weighted by atomic mass is 19.4. The van der Waals surface area contributed by atoms with Gasteiger partial charge >= 0.3 is 6.36 Å². The summed E-state index contributed by atoms with van der Waals surface area (Å²) in [6.07, 6.45) is -2.70. The minimum absolute atomic E-state index is 0.122. The van der Waals surface area contributed by atoms with Gasteiger partial charge in [0.25, 0.3) is 0 Å². The highest BCUT2D eigenvalue weighted by Gasteiger charge is 2.31. The Morgan fingerprint density at radius 2 is 1.90 bits per heavy atom. The summed E-state index contributed by atoms with van der Waals surface area (Å²) >= 11 is 0. The van der Waals surface area contributed by atoms with E-state index in [1.165, 1.54) is 24.3 Å². The van der Waals surface area contributed by atoms with Crippen molar-refractivity contribution in [1.82, 2.24) is 5.32 Å². The van der Waals surface area contributed by atoms with Crippen LogP contribution in [0.1, 0.15) is 19.8 Å². The second-order valence-electron chi connectivity index (χ2n) is 4.72. The molecule has 2 rings (SSSR count). The topological polar surface area (TPSA) is 50.4 Å². The van der Waals surface area contributed by atoms with E-state index in [4.69, 9.17) is 0 Å². The van der Waals surface area contributed by atoms with Crippen LogP contribution in [0.25, 0.3) is 0 Å². The molecule has 1 fully saturated rings. The second-order valence-corrected chi connectivity index (χ2v) is 4.72. The minimum atomic E-state index is -4.70. The number of anilines is 1. The number of halogens is 3. The van der Waals surface area contributed by atoms with Crippen molar-refractivity contribution in [3.63, 3.8) is 0 Å². The summed E-state index contributed by atoms with van der Waals surface area (Å²) in [7, 11) is 0. The Balaban J connectivity index is 1.87. The second kappa shape index (κ2) is 5.60. The molecule has 0 bridgehead atoms. The Hall–Kier alpha value is -1.92. The molecule has 1 unspecified atom stereocenters. The molecule has 4 nitrogen and oxygen atoms in total. The van der Waals surface area contributed by atoms with Gasteiger partial charge in [0.2, 0.25) is 5.91 Å².